The molecule has 0 aromatic carbocycles. The number of aliphatic hydroxyl groups excluding tert-OH is 1. The lowest BCUT2D eigenvalue weighted by atomic mass is 9.77. The minimum atomic E-state index is -0.0946. The maximum Gasteiger partial charge on any atom is 0.0664 e. The summed E-state index contributed by atoms with van der Waals surface area (Å²) < 4.78 is 0. The van der Waals surface area contributed by atoms with Gasteiger partial charge in [-0.2, -0.15) is 0 Å². The van der Waals surface area contributed by atoms with Crippen LogP contribution in [0.25, 0.3) is 0 Å². The van der Waals surface area contributed by atoms with Crippen LogP contribution in [-0.4, -0.2) is 35.2 Å². The van der Waals surface area contributed by atoms with Crippen LogP contribution in [0.15, 0.2) is 0 Å². The van der Waals surface area contributed by atoms with Gasteiger partial charge in [-0.3, -0.25) is 4.90 Å². The van der Waals surface area contributed by atoms with Crippen molar-refractivity contribution in [2.45, 2.75) is 51.2 Å². The smallest absolute Gasteiger partial charge is 0.0664 e. The van der Waals surface area contributed by atoms with E-state index in [9.17, 15) is 5.11 Å². The molecule has 13 heavy (non-hydrogen) atoms. The topological polar surface area (TPSA) is 23.5 Å². The van der Waals surface area contributed by atoms with Crippen molar-refractivity contribution in [2.75, 3.05) is 13.1 Å². The van der Waals surface area contributed by atoms with E-state index in [1.165, 1.54) is 32.2 Å². The minimum absolute atomic E-state index is 0.0946. The number of likely N-dealkylation sites (tertiary alicyclic amines) is 1. The van der Waals surface area contributed by atoms with Gasteiger partial charge in [-0.15, -0.1) is 0 Å². The zero-order chi connectivity index (χ0) is 9.26. The second-order valence-corrected chi connectivity index (χ2v) is 4.63. The minimum Gasteiger partial charge on any atom is -0.392 e. The molecule has 1 saturated heterocycles. The van der Waals surface area contributed by atoms with E-state index in [1.54, 1.807) is 0 Å². The molecule has 0 aromatic rings. The molecule has 2 fully saturated rings. The molecule has 1 saturated carbocycles. The van der Waals surface area contributed by atoms with E-state index in [0.29, 0.717) is 0 Å². The summed E-state index contributed by atoms with van der Waals surface area (Å²) in [7, 11) is 0. The fraction of sp³-hybridized carbons (Fsp3) is 1.00. The summed E-state index contributed by atoms with van der Waals surface area (Å²) in [5.74, 6) is 0.970. The predicted molar refractivity (Wildman–Crippen MR) is 53.6 cm³/mol. The van der Waals surface area contributed by atoms with Crippen LogP contribution in [-0.2, 0) is 0 Å². The van der Waals surface area contributed by atoms with E-state index >= 15 is 0 Å². The molecule has 0 aromatic heterocycles. The summed E-state index contributed by atoms with van der Waals surface area (Å²) in [6.07, 6.45) is 6.45. The fourth-order valence-corrected chi connectivity index (χ4v) is 2.79. The highest BCUT2D eigenvalue weighted by Gasteiger charge is 2.40. The van der Waals surface area contributed by atoms with Crippen LogP contribution in [0.3, 0.4) is 0 Å². The largest absolute Gasteiger partial charge is 0.392 e. The molecular formula is C11H21NO. The highest BCUT2D eigenvalue weighted by molar-refractivity contribution is 4.94. The Morgan fingerprint density at radius 2 is 2.15 bits per heavy atom. The van der Waals surface area contributed by atoms with Gasteiger partial charge in [0, 0.05) is 19.1 Å². The number of fused-ring (bicyclic) bond motifs is 1. The van der Waals surface area contributed by atoms with Gasteiger partial charge < -0.3 is 5.11 Å². The Morgan fingerprint density at radius 1 is 1.38 bits per heavy atom. The molecule has 3 unspecified atom stereocenters. The molecule has 1 N–H and O–H groups in total. The predicted octanol–water partition coefficient (Wildman–Crippen LogP) is 1.63. The molecule has 0 bridgehead atoms. The van der Waals surface area contributed by atoms with Crippen LogP contribution < -0.4 is 0 Å². The molecular weight excluding hydrogens is 162 g/mol. The van der Waals surface area contributed by atoms with Gasteiger partial charge >= 0.3 is 0 Å². The zero-order valence-corrected chi connectivity index (χ0v) is 8.58. The van der Waals surface area contributed by atoms with E-state index < -0.39 is 0 Å². The van der Waals surface area contributed by atoms with Crippen LogP contribution in [0.1, 0.15) is 39.0 Å². The van der Waals surface area contributed by atoms with E-state index in [2.05, 4.69) is 11.8 Å². The maximum atomic E-state index is 9.54. The van der Waals surface area contributed by atoms with E-state index in [4.69, 9.17) is 0 Å². The third-order valence-corrected chi connectivity index (χ3v) is 3.72. The average Bonchev–Trinajstić information content (AvgIpc) is 2.14. The van der Waals surface area contributed by atoms with Crippen molar-refractivity contribution in [3.63, 3.8) is 0 Å². The molecule has 2 rings (SSSR count). The van der Waals surface area contributed by atoms with Crippen molar-refractivity contribution in [1.82, 2.24) is 4.90 Å². The van der Waals surface area contributed by atoms with Crippen LogP contribution in [0.4, 0.5) is 0 Å². The van der Waals surface area contributed by atoms with Crippen molar-refractivity contribution < 1.29 is 5.11 Å². The second kappa shape index (κ2) is 3.97. The summed E-state index contributed by atoms with van der Waals surface area (Å²) in [6.45, 7) is 4.22. The highest BCUT2D eigenvalue weighted by atomic mass is 16.3. The number of hydrogen-bond acceptors (Lipinski definition) is 2. The van der Waals surface area contributed by atoms with Crippen molar-refractivity contribution in [3.05, 3.63) is 0 Å². The molecule has 3 atom stereocenters. The van der Waals surface area contributed by atoms with Gasteiger partial charge in [0.1, 0.15) is 0 Å². The Labute approximate surface area is 80.9 Å². The lowest BCUT2D eigenvalue weighted by molar-refractivity contribution is -0.0417. The number of rotatable bonds is 3. The van der Waals surface area contributed by atoms with E-state index in [0.717, 1.165) is 24.9 Å². The highest BCUT2D eigenvalue weighted by Crippen LogP contribution is 2.36. The standard InChI is InChI=1S/C11H21NO/c1-2-10(13)8-12-7-9-5-3-4-6-11(9)12/h9-11,13H,2-8H2,1H3. The molecule has 0 radical (unpaired) electrons. The second-order valence-electron chi connectivity index (χ2n) is 4.63. The molecule has 0 amide bonds. The lowest BCUT2D eigenvalue weighted by Gasteiger charge is -2.51. The van der Waals surface area contributed by atoms with Crippen LogP contribution in [0.2, 0.25) is 0 Å². The SMILES string of the molecule is CCC(O)CN1CC2CCCCC21. The first kappa shape index (κ1) is 9.47. The first-order chi connectivity index (χ1) is 6.31. The molecule has 2 nitrogen and oxygen atoms in total. The number of aliphatic hydroxyl groups is 1. The lowest BCUT2D eigenvalue weighted by Crippen LogP contribution is -2.59. The summed E-state index contributed by atoms with van der Waals surface area (Å²) in [4.78, 5) is 2.48. The summed E-state index contributed by atoms with van der Waals surface area (Å²) in [5.41, 5.74) is 0. The molecule has 0 spiro atoms. The quantitative estimate of drug-likeness (QED) is 0.719. The van der Waals surface area contributed by atoms with E-state index in [-0.39, 0.29) is 6.10 Å². The van der Waals surface area contributed by atoms with Crippen molar-refractivity contribution >= 4 is 0 Å². The van der Waals surface area contributed by atoms with Gasteiger partial charge in [0.2, 0.25) is 0 Å². The molecule has 2 heteroatoms. The van der Waals surface area contributed by atoms with Crippen molar-refractivity contribution in [1.29, 1.82) is 0 Å². The summed E-state index contributed by atoms with van der Waals surface area (Å²) in [6, 6.07) is 0.829. The Hall–Kier alpha value is -0.0800. The average molecular weight is 183 g/mol. The van der Waals surface area contributed by atoms with Crippen molar-refractivity contribution in [3.8, 4) is 0 Å². The van der Waals surface area contributed by atoms with Gasteiger partial charge in [0.05, 0.1) is 6.10 Å². The summed E-state index contributed by atoms with van der Waals surface area (Å²) >= 11 is 0. The Kier molecular flexibility index (Phi) is 2.89. The van der Waals surface area contributed by atoms with Gasteiger partial charge in [0.15, 0.2) is 0 Å². The van der Waals surface area contributed by atoms with Gasteiger partial charge in [0.25, 0.3) is 0 Å². The molecule has 1 aliphatic carbocycles. The first-order valence-electron chi connectivity index (χ1n) is 5.73. The normalized spacial score (nSPS) is 36.5. The molecule has 1 heterocycles. The van der Waals surface area contributed by atoms with Crippen molar-refractivity contribution in [2.24, 2.45) is 5.92 Å². The number of nitrogens with zero attached hydrogens (tertiary/aromatic N) is 1. The fourth-order valence-electron chi connectivity index (χ4n) is 2.79. The van der Waals surface area contributed by atoms with E-state index in [1.807, 2.05) is 0 Å². The van der Waals surface area contributed by atoms with Gasteiger partial charge in [-0.05, 0) is 25.2 Å². The first-order valence-corrected chi connectivity index (χ1v) is 5.73. The van der Waals surface area contributed by atoms with Crippen LogP contribution in [0, 0.1) is 5.92 Å². The third kappa shape index (κ3) is 1.89. The molecule has 2 aliphatic rings. The van der Waals surface area contributed by atoms with Crippen LogP contribution in [0.5, 0.6) is 0 Å². The van der Waals surface area contributed by atoms with Gasteiger partial charge in [-0.25, -0.2) is 0 Å². The Bertz CT molecular complexity index is 171. The Morgan fingerprint density at radius 3 is 2.85 bits per heavy atom. The third-order valence-electron chi connectivity index (χ3n) is 3.72. The number of hydrogen-bond donors (Lipinski definition) is 1. The van der Waals surface area contributed by atoms with Gasteiger partial charge in [-0.1, -0.05) is 19.8 Å². The molecule has 76 valence electrons. The van der Waals surface area contributed by atoms with Crippen LogP contribution >= 0.6 is 0 Å². The maximum absolute atomic E-state index is 9.54. The Balaban J connectivity index is 1.77. The monoisotopic (exact) mass is 183 g/mol. The molecule has 1 aliphatic heterocycles. The summed E-state index contributed by atoms with van der Waals surface area (Å²) in [5, 5.41) is 9.54. The number of β-amino-alcohol motifs (C(OH)–C–C–N with tert-alkyl or cyclic N) is 1. The zero-order valence-electron chi connectivity index (χ0n) is 8.58.